The molecule has 1 amide bonds. The van der Waals surface area contributed by atoms with E-state index in [1.165, 1.54) is 5.56 Å². The number of nitrogens with one attached hydrogen (secondary N) is 1. The topological polar surface area (TPSA) is 35.6 Å². The third-order valence-corrected chi connectivity index (χ3v) is 4.87. The van der Waals surface area contributed by atoms with Crippen LogP contribution in [0, 0.1) is 0 Å². The molecule has 0 aromatic heterocycles. The minimum absolute atomic E-state index is 0.248. The second-order valence-electron chi connectivity index (χ2n) is 5.83. The highest BCUT2D eigenvalue weighted by molar-refractivity contribution is 9.10. The lowest BCUT2D eigenvalue weighted by molar-refractivity contribution is -0.133. The van der Waals surface area contributed by atoms with E-state index in [1.807, 2.05) is 6.07 Å². The number of piperazine rings is 1. The van der Waals surface area contributed by atoms with Crippen LogP contribution in [-0.2, 0) is 4.79 Å². The van der Waals surface area contributed by atoms with Gasteiger partial charge in [-0.3, -0.25) is 9.69 Å². The van der Waals surface area contributed by atoms with Crippen molar-refractivity contribution in [1.82, 2.24) is 15.1 Å². The maximum Gasteiger partial charge on any atom is 0.237 e. The summed E-state index contributed by atoms with van der Waals surface area (Å²) in [4.78, 5) is 17.0. The van der Waals surface area contributed by atoms with Crippen molar-refractivity contribution in [2.45, 2.75) is 18.9 Å². The van der Waals surface area contributed by atoms with E-state index in [1.54, 1.807) is 0 Å². The first-order chi connectivity index (χ1) is 10.2. The molecule has 3 rings (SSSR count). The van der Waals surface area contributed by atoms with E-state index in [4.69, 9.17) is 0 Å². The molecule has 114 valence electrons. The van der Waals surface area contributed by atoms with Gasteiger partial charge in [0.15, 0.2) is 0 Å². The molecule has 2 aliphatic heterocycles. The Morgan fingerprint density at radius 3 is 2.86 bits per heavy atom. The van der Waals surface area contributed by atoms with Gasteiger partial charge in [0.05, 0.1) is 12.6 Å². The monoisotopic (exact) mass is 351 g/mol. The van der Waals surface area contributed by atoms with E-state index in [2.05, 4.69) is 49.2 Å². The molecule has 0 bridgehead atoms. The van der Waals surface area contributed by atoms with Crippen LogP contribution >= 0.6 is 15.9 Å². The molecule has 0 aliphatic carbocycles. The molecule has 1 aromatic rings. The molecule has 2 fully saturated rings. The van der Waals surface area contributed by atoms with Crippen molar-refractivity contribution in [1.29, 1.82) is 0 Å². The summed E-state index contributed by atoms with van der Waals surface area (Å²) in [6.45, 7) is 5.38. The Balaban J connectivity index is 1.67. The van der Waals surface area contributed by atoms with E-state index in [-0.39, 0.29) is 11.9 Å². The molecule has 1 atom stereocenters. The molecule has 0 radical (unpaired) electrons. The number of carbonyl (C=O) groups excluding carboxylic acids is 1. The van der Waals surface area contributed by atoms with Crippen LogP contribution in [0.1, 0.15) is 24.4 Å². The van der Waals surface area contributed by atoms with E-state index in [0.29, 0.717) is 6.54 Å². The largest absolute Gasteiger partial charge is 0.335 e. The fraction of sp³-hybridized carbons (Fsp3) is 0.562. The molecule has 0 saturated carbocycles. The zero-order valence-electron chi connectivity index (χ0n) is 12.2. The number of nitrogens with zero attached hydrogens (tertiary/aromatic N) is 2. The third-order valence-electron chi connectivity index (χ3n) is 4.38. The minimum Gasteiger partial charge on any atom is -0.335 e. The SMILES string of the molecule is O=C(CN1CCNCC1)N1CCCC1c1cccc(Br)c1. The highest BCUT2D eigenvalue weighted by Crippen LogP contribution is 2.33. The van der Waals surface area contributed by atoms with Crippen LogP contribution in [0.25, 0.3) is 0 Å². The number of benzene rings is 1. The quantitative estimate of drug-likeness (QED) is 0.904. The van der Waals surface area contributed by atoms with Crippen molar-refractivity contribution in [3.05, 3.63) is 34.3 Å². The fourth-order valence-electron chi connectivity index (χ4n) is 3.28. The second kappa shape index (κ2) is 6.90. The molecule has 1 aromatic carbocycles. The number of halogens is 1. The van der Waals surface area contributed by atoms with Crippen LogP contribution in [0.4, 0.5) is 0 Å². The highest BCUT2D eigenvalue weighted by Gasteiger charge is 2.30. The van der Waals surface area contributed by atoms with E-state index in [0.717, 1.165) is 50.0 Å². The van der Waals surface area contributed by atoms with Crippen LogP contribution in [0.5, 0.6) is 0 Å². The van der Waals surface area contributed by atoms with Gasteiger partial charge in [-0.2, -0.15) is 0 Å². The molecule has 2 aliphatic rings. The number of likely N-dealkylation sites (tertiary alicyclic amines) is 1. The van der Waals surface area contributed by atoms with E-state index >= 15 is 0 Å². The first kappa shape index (κ1) is 15.0. The summed E-state index contributed by atoms with van der Waals surface area (Å²) < 4.78 is 1.08. The van der Waals surface area contributed by atoms with Gasteiger partial charge in [-0.05, 0) is 30.5 Å². The maximum atomic E-state index is 12.6. The predicted octanol–water partition coefficient (Wildman–Crippen LogP) is 2.02. The Hall–Kier alpha value is -0.910. The summed E-state index contributed by atoms with van der Waals surface area (Å²) in [5.74, 6) is 0.277. The van der Waals surface area contributed by atoms with Gasteiger partial charge in [0.25, 0.3) is 0 Å². The summed E-state index contributed by atoms with van der Waals surface area (Å²) in [6.07, 6.45) is 2.17. The Morgan fingerprint density at radius 2 is 2.10 bits per heavy atom. The van der Waals surface area contributed by atoms with Crippen LogP contribution in [0.2, 0.25) is 0 Å². The summed E-state index contributed by atoms with van der Waals surface area (Å²) in [7, 11) is 0. The maximum absolute atomic E-state index is 12.6. The Labute approximate surface area is 134 Å². The molecule has 21 heavy (non-hydrogen) atoms. The van der Waals surface area contributed by atoms with E-state index < -0.39 is 0 Å². The smallest absolute Gasteiger partial charge is 0.237 e. The highest BCUT2D eigenvalue weighted by atomic mass is 79.9. The van der Waals surface area contributed by atoms with Gasteiger partial charge in [0.2, 0.25) is 5.91 Å². The van der Waals surface area contributed by atoms with Crippen molar-refractivity contribution in [3.8, 4) is 0 Å². The van der Waals surface area contributed by atoms with Crippen molar-refractivity contribution in [2.24, 2.45) is 0 Å². The van der Waals surface area contributed by atoms with Gasteiger partial charge in [-0.15, -0.1) is 0 Å². The van der Waals surface area contributed by atoms with Crippen LogP contribution < -0.4 is 5.32 Å². The molecule has 0 spiro atoms. The average molecular weight is 352 g/mol. The zero-order chi connectivity index (χ0) is 14.7. The lowest BCUT2D eigenvalue weighted by Crippen LogP contribution is -2.48. The van der Waals surface area contributed by atoms with Gasteiger partial charge in [-0.1, -0.05) is 28.1 Å². The Bertz CT molecular complexity index is 502. The van der Waals surface area contributed by atoms with Crippen LogP contribution in [-0.4, -0.2) is 55.0 Å². The van der Waals surface area contributed by atoms with Crippen molar-refractivity contribution in [3.63, 3.8) is 0 Å². The average Bonchev–Trinajstić information content (AvgIpc) is 2.98. The van der Waals surface area contributed by atoms with Gasteiger partial charge >= 0.3 is 0 Å². The summed E-state index contributed by atoms with van der Waals surface area (Å²) in [5, 5.41) is 3.33. The predicted molar refractivity (Wildman–Crippen MR) is 87.1 cm³/mol. The fourth-order valence-corrected chi connectivity index (χ4v) is 3.69. The number of rotatable bonds is 3. The molecule has 2 heterocycles. The van der Waals surface area contributed by atoms with Crippen molar-refractivity contribution < 1.29 is 4.79 Å². The third kappa shape index (κ3) is 3.65. The molecule has 2 saturated heterocycles. The molecule has 1 N–H and O–H groups in total. The van der Waals surface area contributed by atoms with Crippen molar-refractivity contribution in [2.75, 3.05) is 39.3 Å². The minimum atomic E-state index is 0.248. The summed E-state index contributed by atoms with van der Waals surface area (Å²) in [6, 6.07) is 8.60. The number of amides is 1. The standard InChI is InChI=1S/C16H22BrN3O/c17-14-4-1-3-13(11-14)15-5-2-8-20(15)16(21)12-19-9-6-18-7-10-19/h1,3-4,11,15,18H,2,5-10,12H2. The molecular formula is C16H22BrN3O. The zero-order valence-corrected chi connectivity index (χ0v) is 13.8. The molecular weight excluding hydrogens is 330 g/mol. The Morgan fingerprint density at radius 1 is 1.29 bits per heavy atom. The molecule has 4 nitrogen and oxygen atoms in total. The van der Waals surface area contributed by atoms with Gasteiger partial charge in [0.1, 0.15) is 0 Å². The van der Waals surface area contributed by atoms with Crippen LogP contribution in [0.3, 0.4) is 0 Å². The van der Waals surface area contributed by atoms with Gasteiger partial charge in [0, 0.05) is 37.2 Å². The van der Waals surface area contributed by atoms with Gasteiger partial charge in [-0.25, -0.2) is 0 Å². The lowest BCUT2D eigenvalue weighted by Gasteiger charge is -2.31. The number of hydrogen-bond acceptors (Lipinski definition) is 3. The molecule has 1 unspecified atom stereocenters. The second-order valence-corrected chi connectivity index (χ2v) is 6.74. The van der Waals surface area contributed by atoms with Crippen LogP contribution in [0.15, 0.2) is 28.7 Å². The van der Waals surface area contributed by atoms with E-state index in [9.17, 15) is 4.79 Å². The summed E-state index contributed by atoms with van der Waals surface area (Å²) in [5.41, 5.74) is 1.25. The first-order valence-electron chi connectivity index (χ1n) is 7.72. The summed E-state index contributed by atoms with van der Waals surface area (Å²) >= 11 is 3.53. The number of hydrogen-bond donors (Lipinski definition) is 1. The Kier molecular flexibility index (Phi) is 4.93. The normalized spacial score (nSPS) is 23.5. The first-order valence-corrected chi connectivity index (χ1v) is 8.51. The van der Waals surface area contributed by atoms with Crippen molar-refractivity contribution >= 4 is 21.8 Å². The lowest BCUT2D eigenvalue weighted by atomic mass is 10.0. The van der Waals surface area contributed by atoms with Gasteiger partial charge < -0.3 is 10.2 Å². The molecule has 5 heteroatoms. The number of carbonyl (C=O) groups is 1.